The minimum absolute atomic E-state index is 0. The van der Waals surface area contributed by atoms with Crippen molar-refractivity contribution in [2.24, 2.45) is 0 Å². The summed E-state index contributed by atoms with van der Waals surface area (Å²) in [5, 5.41) is 11.6. The van der Waals surface area contributed by atoms with Crippen molar-refractivity contribution in [3.63, 3.8) is 0 Å². The van der Waals surface area contributed by atoms with Crippen LogP contribution in [0.3, 0.4) is 0 Å². The highest BCUT2D eigenvalue weighted by Gasteiger charge is 2.20. The summed E-state index contributed by atoms with van der Waals surface area (Å²) in [6.07, 6.45) is 1.67. The summed E-state index contributed by atoms with van der Waals surface area (Å²) in [5.41, 5.74) is -0.238. The van der Waals surface area contributed by atoms with Gasteiger partial charge in [-0.15, -0.1) is 12.4 Å². The lowest BCUT2D eigenvalue weighted by atomic mass is 10.0. The zero-order valence-corrected chi connectivity index (χ0v) is 12.5. The first-order valence-corrected chi connectivity index (χ1v) is 6.06. The molecule has 0 heterocycles. The van der Waals surface area contributed by atoms with Gasteiger partial charge in [0.15, 0.2) is 0 Å². The first kappa shape index (κ1) is 19.5. The van der Waals surface area contributed by atoms with Crippen molar-refractivity contribution < 1.29 is 14.7 Å². The number of nitrogens with zero attached hydrogens (tertiary/aromatic N) is 1. The number of halogens is 1. The Bertz CT molecular complexity index is 270. The van der Waals surface area contributed by atoms with E-state index in [1.165, 1.54) is 0 Å². The molecule has 0 aliphatic rings. The van der Waals surface area contributed by atoms with Crippen molar-refractivity contribution in [2.45, 2.75) is 46.1 Å². The van der Waals surface area contributed by atoms with Crippen LogP contribution in [-0.4, -0.2) is 47.1 Å². The molecule has 0 spiro atoms. The molecule has 0 unspecified atom stereocenters. The maximum Gasteiger partial charge on any atom is 0.317 e. The van der Waals surface area contributed by atoms with Gasteiger partial charge in [-0.1, -0.05) is 13.8 Å². The summed E-state index contributed by atoms with van der Waals surface area (Å²) in [5.74, 6) is -1.02. The van der Waals surface area contributed by atoms with E-state index in [1.54, 1.807) is 4.90 Å². The van der Waals surface area contributed by atoms with Crippen molar-refractivity contribution >= 4 is 24.3 Å². The van der Waals surface area contributed by atoms with Gasteiger partial charge in [0.1, 0.15) is 0 Å². The van der Waals surface area contributed by atoms with Crippen molar-refractivity contribution in [1.82, 2.24) is 10.2 Å². The number of carbonyl (C=O) groups excluding carboxylic acids is 1. The van der Waals surface area contributed by atoms with Gasteiger partial charge < -0.3 is 10.4 Å². The fraction of sp³-hybridized carbons (Fsp3) is 0.833. The largest absolute Gasteiger partial charge is 0.480 e. The number of carbonyl (C=O) groups is 2. The summed E-state index contributed by atoms with van der Waals surface area (Å²) < 4.78 is 0. The SMILES string of the molecule is CCCN(CC(=O)O)CC(=O)NC(C)(C)CC.Cl. The van der Waals surface area contributed by atoms with Crippen LogP contribution >= 0.6 is 12.4 Å². The average molecular weight is 281 g/mol. The molecule has 6 heteroatoms. The molecule has 0 saturated carbocycles. The lowest BCUT2D eigenvalue weighted by molar-refractivity contribution is -0.138. The molecule has 1 amide bonds. The third-order valence-corrected chi connectivity index (χ3v) is 2.63. The van der Waals surface area contributed by atoms with Crippen LogP contribution in [0.2, 0.25) is 0 Å². The minimum atomic E-state index is -0.902. The zero-order valence-electron chi connectivity index (χ0n) is 11.7. The molecule has 0 atom stereocenters. The van der Waals surface area contributed by atoms with E-state index in [1.807, 2.05) is 27.7 Å². The Hall–Kier alpha value is -0.810. The second-order valence-corrected chi connectivity index (χ2v) is 4.89. The fourth-order valence-corrected chi connectivity index (χ4v) is 1.43. The summed E-state index contributed by atoms with van der Waals surface area (Å²) >= 11 is 0. The van der Waals surface area contributed by atoms with E-state index < -0.39 is 5.97 Å². The second kappa shape index (κ2) is 9.16. The molecule has 0 radical (unpaired) electrons. The lowest BCUT2D eigenvalue weighted by Gasteiger charge is -2.26. The van der Waals surface area contributed by atoms with Gasteiger partial charge in [0.05, 0.1) is 13.1 Å². The first-order chi connectivity index (χ1) is 7.80. The van der Waals surface area contributed by atoms with Crippen LogP contribution in [0, 0.1) is 0 Å². The van der Waals surface area contributed by atoms with Gasteiger partial charge in [-0.25, -0.2) is 0 Å². The molecule has 108 valence electrons. The van der Waals surface area contributed by atoms with Crippen LogP contribution in [-0.2, 0) is 9.59 Å². The highest BCUT2D eigenvalue weighted by Crippen LogP contribution is 2.06. The van der Waals surface area contributed by atoms with Gasteiger partial charge >= 0.3 is 5.97 Å². The standard InChI is InChI=1S/C12H24N2O3.ClH/c1-5-7-14(9-11(16)17)8-10(15)13-12(3,4)6-2;/h5-9H2,1-4H3,(H,13,15)(H,16,17);1H. The van der Waals surface area contributed by atoms with E-state index in [9.17, 15) is 9.59 Å². The van der Waals surface area contributed by atoms with Crippen LogP contribution in [0.25, 0.3) is 0 Å². The van der Waals surface area contributed by atoms with Crippen molar-refractivity contribution in [2.75, 3.05) is 19.6 Å². The molecule has 0 saturated heterocycles. The molecule has 0 aromatic rings. The van der Waals surface area contributed by atoms with E-state index in [2.05, 4.69) is 5.32 Å². The number of nitrogens with one attached hydrogen (secondary N) is 1. The lowest BCUT2D eigenvalue weighted by Crippen LogP contribution is -2.48. The summed E-state index contributed by atoms with van der Waals surface area (Å²) in [4.78, 5) is 24.0. The molecule has 0 aliphatic carbocycles. The van der Waals surface area contributed by atoms with Crippen molar-refractivity contribution in [1.29, 1.82) is 0 Å². The molecular weight excluding hydrogens is 256 g/mol. The Labute approximate surface area is 115 Å². The van der Waals surface area contributed by atoms with E-state index in [0.717, 1.165) is 12.8 Å². The van der Waals surface area contributed by atoms with Crippen LogP contribution in [0.15, 0.2) is 0 Å². The number of hydrogen-bond acceptors (Lipinski definition) is 3. The van der Waals surface area contributed by atoms with E-state index in [0.29, 0.717) is 6.54 Å². The van der Waals surface area contributed by atoms with Gasteiger partial charge in [-0.3, -0.25) is 14.5 Å². The summed E-state index contributed by atoms with van der Waals surface area (Å²) in [6, 6.07) is 0. The average Bonchev–Trinajstić information content (AvgIpc) is 2.16. The Morgan fingerprint density at radius 2 is 1.78 bits per heavy atom. The number of carboxylic acids is 1. The second-order valence-electron chi connectivity index (χ2n) is 4.89. The molecule has 2 N–H and O–H groups in total. The zero-order chi connectivity index (χ0) is 13.5. The predicted molar refractivity (Wildman–Crippen MR) is 74.1 cm³/mol. The maximum absolute atomic E-state index is 11.7. The summed E-state index contributed by atoms with van der Waals surface area (Å²) in [7, 11) is 0. The third-order valence-electron chi connectivity index (χ3n) is 2.63. The van der Waals surface area contributed by atoms with Crippen LogP contribution < -0.4 is 5.32 Å². The van der Waals surface area contributed by atoms with Crippen molar-refractivity contribution in [3.05, 3.63) is 0 Å². The predicted octanol–water partition coefficient (Wildman–Crippen LogP) is 1.51. The maximum atomic E-state index is 11.7. The fourth-order valence-electron chi connectivity index (χ4n) is 1.43. The van der Waals surface area contributed by atoms with Gasteiger partial charge in [0.2, 0.25) is 5.91 Å². The normalized spacial score (nSPS) is 10.9. The van der Waals surface area contributed by atoms with Gasteiger partial charge in [0, 0.05) is 5.54 Å². The van der Waals surface area contributed by atoms with Crippen molar-refractivity contribution in [3.8, 4) is 0 Å². The number of carboxylic acid groups (broad SMARTS) is 1. The Kier molecular flexibility index (Phi) is 9.94. The van der Waals surface area contributed by atoms with E-state index in [4.69, 9.17) is 5.11 Å². The quantitative estimate of drug-likeness (QED) is 0.707. The van der Waals surface area contributed by atoms with Crippen LogP contribution in [0.4, 0.5) is 0 Å². The molecule has 0 aromatic carbocycles. The van der Waals surface area contributed by atoms with Gasteiger partial charge in [0.25, 0.3) is 0 Å². The topological polar surface area (TPSA) is 69.6 Å². The Morgan fingerprint density at radius 1 is 1.22 bits per heavy atom. The molecular formula is C12H25ClN2O3. The van der Waals surface area contributed by atoms with Crippen LogP contribution in [0.1, 0.15) is 40.5 Å². The number of amides is 1. The molecule has 18 heavy (non-hydrogen) atoms. The molecule has 5 nitrogen and oxygen atoms in total. The molecule has 0 aliphatic heterocycles. The monoisotopic (exact) mass is 280 g/mol. The Balaban J connectivity index is 0. The molecule has 0 aromatic heterocycles. The smallest absolute Gasteiger partial charge is 0.317 e. The number of aliphatic carboxylic acids is 1. The highest BCUT2D eigenvalue weighted by atomic mass is 35.5. The minimum Gasteiger partial charge on any atom is -0.480 e. The molecule has 0 fully saturated rings. The highest BCUT2D eigenvalue weighted by molar-refractivity contribution is 5.85. The van der Waals surface area contributed by atoms with E-state index in [-0.39, 0.29) is 36.9 Å². The Morgan fingerprint density at radius 3 is 2.17 bits per heavy atom. The third kappa shape index (κ3) is 9.24. The van der Waals surface area contributed by atoms with Gasteiger partial charge in [-0.05, 0) is 33.2 Å². The molecule has 0 rings (SSSR count). The number of hydrogen-bond donors (Lipinski definition) is 2. The van der Waals surface area contributed by atoms with Crippen LogP contribution in [0.5, 0.6) is 0 Å². The number of rotatable bonds is 8. The first-order valence-electron chi connectivity index (χ1n) is 6.06. The van der Waals surface area contributed by atoms with Gasteiger partial charge in [-0.2, -0.15) is 0 Å². The molecule has 0 bridgehead atoms. The van der Waals surface area contributed by atoms with E-state index >= 15 is 0 Å². The summed E-state index contributed by atoms with van der Waals surface area (Å²) in [6.45, 7) is 8.53.